The lowest BCUT2D eigenvalue weighted by Crippen LogP contribution is -2.35. The molecule has 1 aliphatic carbocycles. The molecule has 138 valence electrons. The van der Waals surface area contributed by atoms with Gasteiger partial charge in [-0.2, -0.15) is 0 Å². The standard InChI is InChI=1S/C21H28N4O/c1-15(2)25(14-17-9-5-4-6-10-17)21-22-16(3)13-19(24-21)20(26)23-18-11-7-8-12-18/h4-6,9-10,13,15,18H,7-8,11-12,14H2,1-3H3,(H,23,26). The van der Waals surface area contributed by atoms with Crippen LogP contribution in [0.25, 0.3) is 0 Å². The summed E-state index contributed by atoms with van der Waals surface area (Å²) in [6.45, 7) is 6.87. The van der Waals surface area contributed by atoms with Crippen LogP contribution in [0, 0.1) is 6.92 Å². The van der Waals surface area contributed by atoms with Crippen molar-refractivity contribution in [3.63, 3.8) is 0 Å². The van der Waals surface area contributed by atoms with Crippen molar-refractivity contribution in [1.82, 2.24) is 15.3 Å². The Morgan fingerprint density at radius 3 is 2.54 bits per heavy atom. The van der Waals surface area contributed by atoms with Crippen LogP contribution in [0.15, 0.2) is 36.4 Å². The van der Waals surface area contributed by atoms with Crippen LogP contribution in [-0.2, 0) is 6.54 Å². The van der Waals surface area contributed by atoms with E-state index in [-0.39, 0.29) is 18.0 Å². The van der Waals surface area contributed by atoms with E-state index in [2.05, 4.69) is 46.2 Å². The van der Waals surface area contributed by atoms with Crippen LogP contribution in [0.1, 0.15) is 61.3 Å². The van der Waals surface area contributed by atoms with E-state index in [0.717, 1.165) is 18.5 Å². The number of aromatic nitrogens is 2. The molecule has 3 rings (SSSR count). The Bertz CT molecular complexity index is 739. The van der Waals surface area contributed by atoms with Crippen molar-refractivity contribution in [2.75, 3.05) is 4.90 Å². The Hall–Kier alpha value is -2.43. The fraction of sp³-hybridized carbons (Fsp3) is 0.476. The molecule has 1 aliphatic rings. The van der Waals surface area contributed by atoms with Crippen LogP contribution in [0.5, 0.6) is 0 Å². The lowest BCUT2D eigenvalue weighted by molar-refractivity contribution is 0.0932. The van der Waals surface area contributed by atoms with Gasteiger partial charge in [0.25, 0.3) is 5.91 Å². The summed E-state index contributed by atoms with van der Waals surface area (Å²) in [7, 11) is 0. The van der Waals surface area contributed by atoms with Gasteiger partial charge in [0.2, 0.25) is 5.95 Å². The SMILES string of the molecule is Cc1cc(C(=O)NC2CCCC2)nc(N(Cc2ccccc2)C(C)C)n1. The molecule has 0 spiro atoms. The minimum atomic E-state index is -0.0907. The number of carbonyl (C=O) groups is 1. The van der Waals surface area contributed by atoms with Gasteiger partial charge in [0.05, 0.1) is 0 Å². The number of nitrogens with zero attached hydrogens (tertiary/aromatic N) is 3. The van der Waals surface area contributed by atoms with Crippen LogP contribution < -0.4 is 10.2 Å². The summed E-state index contributed by atoms with van der Waals surface area (Å²) >= 11 is 0. The number of amides is 1. The quantitative estimate of drug-likeness (QED) is 0.857. The summed E-state index contributed by atoms with van der Waals surface area (Å²) in [6, 6.07) is 12.6. The van der Waals surface area contributed by atoms with Gasteiger partial charge in [-0.25, -0.2) is 9.97 Å². The van der Waals surface area contributed by atoms with Crippen molar-refractivity contribution in [2.24, 2.45) is 0 Å². The number of rotatable bonds is 6. The van der Waals surface area contributed by atoms with Gasteiger partial charge in [0, 0.05) is 24.3 Å². The second-order valence-electron chi connectivity index (χ2n) is 7.36. The minimum Gasteiger partial charge on any atom is -0.348 e. The van der Waals surface area contributed by atoms with Crippen molar-refractivity contribution < 1.29 is 4.79 Å². The molecule has 2 aromatic rings. The molecule has 1 fully saturated rings. The second-order valence-corrected chi connectivity index (χ2v) is 7.36. The Morgan fingerprint density at radius 1 is 1.19 bits per heavy atom. The van der Waals surface area contributed by atoms with Crippen LogP contribution in [0.2, 0.25) is 0 Å². The van der Waals surface area contributed by atoms with E-state index in [9.17, 15) is 4.79 Å². The first-order valence-corrected chi connectivity index (χ1v) is 9.50. The maximum absolute atomic E-state index is 12.6. The average molecular weight is 352 g/mol. The number of anilines is 1. The van der Waals surface area contributed by atoms with Gasteiger partial charge in [0.15, 0.2) is 0 Å². The molecular formula is C21H28N4O. The molecule has 26 heavy (non-hydrogen) atoms. The number of carbonyl (C=O) groups excluding carboxylic acids is 1. The normalized spacial score (nSPS) is 14.6. The molecule has 1 amide bonds. The van der Waals surface area contributed by atoms with Crippen LogP contribution in [-0.4, -0.2) is 28.0 Å². The van der Waals surface area contributed by atoms with Crippen LogP contribution >= 0.6 is 0 Å². The van der Waals surface area contributed by atoms with E-state index in [1.165, 1.54) is 18.4 Å². The van der Waals surface area contributed by atoms with Crippen molar-refractivity contribution in [3.8, 4) is 0 Å². The van der Waals surface area contributed by atoms with Gasteiger partial charge >= 0.3 is 0 Å². The molecule has 0 bridgehead atoms. The zero-order chi connectivity index (χ0) is 18.5. The maximum Gasteiger partial charge on any atom is 0.270 e. The molecular weight excluding hydrogens is 324 g/mol. The Balaban J connectivity index is 1.82. The summed E-state index contributed by atoms with van der Waals surface area (Å²) in [5.41, 5.74) is 2.46. The smallest absolute Gasteiger partial charge is 0.270 e. The average Bonchev–Trinajstić information content (AvgIpc) is 3.12. The first-order valence-electron chi connectivity index (χ1n) is 9.50. The van der Waals surface area contributed by atoms with Gasteiger partial charge in [-0.15, -0.1) is 0 Å². The number of hydrogen-bond acceptors (Lipinski definition) is 4. The van der Waals surface area contributed by atoms with E-state index < -0.39 is 0 Å². The lowest BCUT2D eigenvalue weighted by atomic mass is 10.2. The minimum absolute atomic E-state index is 0.0907. The van der Waals surface area contributed by atoms with Gasteiger partial charge in [-0.3, -0.25) is 4.79 Å². The lowest BCUT2D eigenvalue weighted by Gasteiger charge is -2.27. The molecule has 5 nitrogen and oxygen atoms in total. The monoisotopic (exact) mass is 352 g/mol. The summed E-state index contributed by atoms with van der Waals surface area (Å²) in [5, 5.41) is 3.12. The number of hydrogen-bond donors (Lipinski definition) is 1. The van der Waals surface area contributed by atoms with Crippen molar-refractivity contribution >= 4 is 11.9 Å². The third-order valence-electron chi connectivity index (χ3n) is 4.84. The fourth-order valence-electron chi connectivity index (χ4n) is 3.39. The van der Waals surface area contributed by atoms with Crippen molar-refractivity contribution in [2.45, 2.75) is 65.1 Å². The number of nitrogens with one attached hydrogen (secondary N) is 1. The maximum atomic E-state index is 12.6. The first kappa shape index (κ1) is 18.4. The van der Waals surface area contributed by atoms with Gasteiger partial charge < -0.3 is 10.2 Å². The molecule has 5 heteroatoms. The molecule has 1 N–H and O–H groups in total. The molecule has 1 aromatic heterocycles. The molecule has 0 radical (unpaired) electrons. The summed E-state index contributed by atoms with van der Waals surface area (Å²) < 4.78 is 0. The highest BCUT2D eigenvalue weighted by Crippen LogP contribution is 2.20. The highest BCUT2D eigenvalue weighted by molar-refractivity contribution is 5.92. The summed E-state index contributed by atoms with van der Waals surface area (Å²) in [5.74, 6) is 0.521. The zero-order valence-corrected chi connectivity index (χ0v) is 15.9. The predicted molar refractivity (Wildman–Crippen MR) is 104 cm³/mol. The molecule has 0 aliphatic heterocycles. The molecule has 0 unspecified atom stereocenters. The molecule has 0 saturated heterocycles. The van der Waals surface area contributed by atoms with Crippen molar-refractivity contribution in [1.29, 1.82) is 0 Å². The topological polar surface area (TPSA) is 58.1 Å². The van der Waals surface area contributed by atoms with E-state index in [0.29, 0.717) is 18.2 Å². The highest BCUT2D eigenvalue weighted by Gasteiger charge is 2.21. The third-order valence-corrected chi connectivity index (χ3v) is 4.84. The largest absolute Gasteiger partial charge is 0.348 e. The second kappa shape index (κ2) is 8.30. The van der Waals surface area contributed by atoms with Crippen LogP contribution in [0.3, 0.4) is 0 Å². The van der Waals surface area contributed by atoms with Crippen molar-refractivity contribution in [3.05, 3.63) is 53.3 Å². The van der Waals surface area contributed by atoms with E-state index >= 15 is 0 Å². The van der Waals surface area contributed by atoms with Crippen LogP contribution in [0.4, 0.5) is 5.95 Å². The highest BCUT2D eigenvalue weighted by atomic mass is 16.1. The van der Waals surface area contributed by atoms with Gasteiger partial charge in [-0.05, 0) is 45.2 Å². The fourth-order valence-corrected chi connectivity index (χ4v) is 3.39. The van der Waals surface area contributed by atoms with E-state index in [1.54, 1.807) is 6.07 Å². The Labute approximate surface area is 155 Å². The number of aryl methyl sites for hydroxylation is 1. The molecule has 1 saturated carbocycles. The third kappa shape index (κ3) is 4.59. The van der Waals surface area contributed by atoms with E-state index in [1.807, 2.05) is 25.1 Å². The Kier molecular flexibility index (Phi) is 5.86. The summed E-state index contributed by atoms with van der Waals surface area (Å²) in [6.07, 6.45) is 4.51. The molecule has 1 aromatic carbocycles. The van der Waals surface area contributed by atoms with Gasteiger partial charge in [-0.1, -0.05) is 43.2 Å². The van der Waals surface area contributed by atoms with E-state index in [4.69, 9.17) is 0 Å². The zero-order valence-electron chi connectivity index (χ0n) is 15.9. The molecule has 0 atom stereocenters. The summed E-state index contributed by atoms with van der Waals surface area (Å²) in [4.78, 5) is 24.0. The Morgan fingerprint density at radius 2 is 1.88 bits per heavy atom. The molecule has 1 heterocycles. The van der Waals surface area contributed by atoms with Gasteiger partial charge in [0.1, 0.15) is 5.69 Å². The number of benzene rings is 1. The first-order chi connectivity index (χ1) is 12.5. The predicted octanol–water partition coefficient (Wildman–Crippen LogP) is 3.87.